The van der Waals surface area contributed by atoms with Gasteiger partial charge in [0.05, 0.1) is 10.5 Å². The summed E-state index contributed by atoms with van der Waals surface area (Å²) in [5.41, 5.74) is -0.0289. The van der Waals surface area contributed by atoms with E-state index in [1.165, 1.54) is 24.0 Å². The molecule has 0 atom stereocenters. The molecule has 1 aliphatic heterocycles. The molecule has 2 heterocycles. The van der Waals surface area contributed by atoms with Gasteiger partial charge in [-0.2, -0.15) is 5.26 Å². The zero-order chi connectivity index (χ0) is 25.0. The molecule has 1 amide bonds. The predicted octanol–water partition coefficient (Wildman–Crippen LogP) is 4.15. The summed E-state index contributed by atoms with van der Waals surface area (Å²) < 4.78 is 14.5. The quantitative estimate of drug-likeness (QED) is 0.331. The van der Waals surface area contributed by atoms with Crippen LogP contribution in [0.25, 0.3) is 6.08 Å². The first-order valence-electron chi connectivity index (χ1n) is 10.6. The summed E-state index contributed by atoms with van der Waals surface area (Å²) in [7, 11) is 0. The summed E-state index contributed by atoms with van der Waals surface area (Å²) in [4.78, 5) is 39.9. The molecule has 0 saturated carbocycles. The van der Waals surface area contributed by atoms with Gasteiger partial charge in [-0.05, 0) is 49.1 Å². The number of hydrogen-bond donors (Lipinski definition) is 1. The number of aromatic hydroxyl groups is 1. The predicted molar refractivity (Wildman–Crippen MR) is 132 cm³/mol. The number of aromatic nitrogens is 1. The smallest absolute Gasteiger partial charge is 0.271 e. The lowest BCUT2D eigenvalue weighted by atomic mass is 9.99. The highest BCUT2D eigenvalue weighted by atomic mass is 32.2. The van der Waals surface area contributed by atoms with Crippen LogP contribution in [-0.2, 0) is 11.3 Å². The Balaban J connectivity index is 1.73. The average molecular weight is 500 g/mol. The molecule has 1 saturated heterocycles. The summed E-state index contributed by atoms with van der Waals surface area (Å²) in [6.07, 6.45) is 2.42. The van der Waals surface area contributed by atoms with Gasteiger partial charge in [0.2, 0.25) is 5.88 Å². The van der Waals surface area contributed by atoms with E-state index in [0.29, 0.717) is 21.2 Å². The highest BCUT2D eigenvalue weighted by Gasteiger charge is 2.32. The van der Waals surface area contributed by atoms with Gasteiger partial charge in [0.15, 0.2) is 5.78 Å². The first-order valence-corrected chi connectivity index (χ1v) is 11.8. The largest absolute Gasteiger partial charge is 0.494 e. The lowest BCUT2D eigenvalue weighted by molar-refractivity contribution is -0.122. The SMILES string of the molecule is CCCn1c(O)c(C(=O)CCCN2C(=O)/C(=C/c3ccc(F)cc3)SC2=S)c(C)c(C#N)c1=O. The van der Waals surface area contributed by atoms with Crippen molar-refractivity contribution in [1.82, 2.24) is 9.47 Å². The van der Waals surface area contributed by atoms with Gasteiger partial charge in [0, 0.05) is 19.5 Å². The minimum absolute atomic E-state index is 0.0162. The first-order chi connectivity index (χ1) is 16.2. The third kappa shape index (κ3) is 5.11. The molecular formula is C24H22FN3O4S2. The van der Waals surface area contributed by atoms with Crippen LogP contribution >= 0.6 is 24.0 Å². The number of nitriles is 1. The van der Waals surface area contributed by atoms with E-state index in [2.05, 4.69) is 0 Å². The molecule has 1 N–H and O–H groups in total. The molecule has 176 valence electrons. The van der Waals surface area contributed by atoms with Crippen molar-refractivity contribution in [2.45, 2.75) is 39.7 Å². The Morgan fingerprint density at radius 1 is 1.26 bits per heavy atom. The molecule has 0 unspecified atom stereocenters. The summed E-state index contributed by atoms with van der Waals surface area (Å²) >= 11 is 6.44. The number of thiocarbonyl (C=S) groups is 1. The third-order valence-electron chi connectivity index (χ3n) is 5.35. The number of amides is 1. The maximum absolute atomic E-state index is 13.1. The van der Waals surface area contributed by atoms with Crippen LogP contribution in [0.4, 0.5) is 4.39 Å². The number of nitrogens with zero attached hydrogens (tertiary/aromatic N) is 3. The van der Waals surface area contributed by atoms with Gasteiger partial charge in [-0.15, -0.1) is 0 Å². The molecule has 1 aliphatic rings. The van der Waals surface area contributed by atoms with Crippen molar-refractivity contribution in [3.63, 3.8) is 0 Å². The maximum atomic E-state index is 13.1. The summed E-state index contributed by atoms with van der Waals surface area (Å²) in [5, 5.41) is 19.9. The minimum atomic E-state index is -0.624. The van der Waals surface area contributed by atoms with Crippen molar-refractivity contribution in [3.8, 4) is 11.9 Å². The van der Waals surface area contributed by atoms with E-state index < -0.39 is 17.2 Å². The second-order valence-electron chi connectivity index (χ2n) is 7.68. The molecule has 34 heavy (non-hydrogen) atoms. The molecule has 3 rings (SSSR count). The van der Waals surface area contributed by atoms with Crippen LogP contribution in [0.3, 0.4) is 0 Å². The van der Waals surface area contributed by atoms with E-state index >= 15 is 0 Å². The van der Waals surface area contributed by atoms with Gasteiger partial charge >= 0.3 is 0 Å². The molecule has 1 fully saturated rings. The number of thioether (sulfide) groups is 1. The number of carbonyl (C=O) groups excluding carboxylic acids is 2. The second-order valence-corrected chi connectivity index (χ2v) is 9.35. The topological polar surface area (TPSA) is 103 Å². The summed E-state index contributed by atoms with van der Waals surface area (Å²) in [6.45, 7) is 3.64. The van der Waals surface area contributed by atoms with Crippen LogP contribution in [0.1, 0.15) is 53.2 Å². The van der Waals surface area contributed by atoms with Crippen molar-refractivity contribution in [1.29, 1.82) is 5.26 Å². The van der Waals surface area contributed by atoms with Gasteiger partial charge in [-0.25, -0.2) is 4.39 Å². The standard InChI is InChI=1S/C24H22FN3O4S2/c1-3-10-27-21(30)17(13-26)14(2)20(23(27)32)18(29)5-4-11-28-22(31)19(34-24(28)33)12-15-6-8-16(25)9-7-15/h6-9,12,32H,3-5,10-11H2,1-2H3/b19-12-. The monoisotopic (exact) mass is 499 g/mol. The van der Waals surface area contributed by atoms with Crippen LogP contribution in [-0.4, -0.2) is 37.1 Å². The van der Waals surface area contributed by atoms with Crippen molar-refractivity contribution in [2.24, 2.45) is 0 Å². The van der Waals surface area contributed by atoms with Crippen LogP contribution < -0.4 is 5.56 Å². The molecule has 2 aromatic rings. The van der Waals surface area contributed by atoms with Crippen molar-refractivity contribution in [2.75, 3.05) is 6.54 Å². The Morgan fingerprint density at radius 3 is 2.56 bits per heavy atom. The van der Waals surface area contributed by atoms with E-state index in [0.717, 1.165) is 16.3 Å². The highest BCUT2D eigenvalue weighted by molar-refractivity contribution is 8.26. The maximum Gasteiger partial charge on any atom is 0.271 e. The number of pyridine rings is 1. The zero-order valence-corrected chi connectivity index (χ0v) is 20.3. The van der Waals surface area contributed by atoms with E-state index in [1.807, 2.05) is 13.0 Å². The van der Waals surface area contributed by atoms with E-state index in [9.17, 15) is 29.1 Å². The minimum Gasteiger partial charge on any atom is -0.494 e. The van der Waals surface area contributed by atoms with Gasteiger partial charge in [0.1, 0.15) is 21.8 Å². The molecule has 10 heteroatoms. The number of benzene rings is 1. The fourth-order valence-electron chi connectivity index (χ4n) is 3.64. The molecule has 1 aromatic carbocycles. The fraction of sp³-hybridized carbons (Fsp3) is 0.292. The molecule has 0 spiro atoms. The molecule has 0 radical (unpaired) electrons. The van der Waals surface area contributed by atoms with Gasteiger partial charge in [-0.1, -0.05) is 43.0 Å². The average Bonchev–Trinajstić information content (AvgIpc) is 3.06. The summed E-state index contributed by atoms with van der Waals surface area (Å²) in [6, 6.07) is 7.55. The van der Waals surface area contributed by atoms with E-state index in [-0.39, 0.29) is 54.3 Å². The number of hydrogen-bond acceptors (Lipinski definition) is 7. The molecule has 0 aliphatic carbocycles. The second kappa shape index (κ2) is 10.8. The lowest BCUT2D eigenvalue weighted by Crippen LogP contribution is -2.29. The van der Waals surface area contributed by atoms with Crippen LogP contribution in [0.5, 0.6) is 5.88 Å². The highest BCUT2D eigenvalue weighted by Crippen LogP contribution is 2.33. The molecule has 7 nitrogen and oxygen atoms in total. The van der Waals surface area contributed by atoms with Crippen molar-refractivity contribution >= 4 is 46.1 Å². The van der Waals surface area contributed by atoms with E-state index in [4.69, 9.17) is 12.2 Å². The Kier molecular flexibility index (Phi) is 8.02. The van der Waals surface area contributed by atoms with Crippen molar-refractivity contribution < 1.29 is 19.1 Å². The van der Waals surface area contributed by atoms with Gasteiger partial charge in [-0.3, -0.25) is 23.9 Å². The number of rotatable bonds is 8. The van der Waals surface area contributed by atoms with Crippen LogP contribution in [0.2, 0.25) is 0 Å². The number of carbonyl (C=O) groups is 2. The number of ketones is 1. The van der Waals surface area contributed by atoms with Crippen molar-refractivity contribution in [3.05, 3.63) is 67.6 Å². The van der Waals surface area contributed by atoms with E-state index in [1.54, 1.807) is 18.2 Å². The molecule has 0 bridgehead atoms. The third-order valence-corrected chi connectivity index (χ3v) is 6.73. The Labute approximate surface area is 205 Å². The zero-order valence-electron chi connectivity index (χ0n) is 18.6. The number of Topliss-reactive ketones (excluding diaryl/α,β-unsaturated/α-hetero) is 1. The fourth-order valence-corrected chi connectivity index (χ4v) is 4.95. The number of halogens is 1. The van der Waals surface area contributed by atoms with Crippen LogP contribution in [0, 0.1) is 24.1 Å². The van der Waals surface area contributed by atoms with Gasteiger partial charge in [0.25, 0.3) is 11.5 Å². The Hall–Kier alpha value is -3.29. The van der Waals surface area contributed by atoms with Gasteiger partial charge < -0.3 is 5.11 Å². The normalized spacial score (nSPS) is 14.6. The summed E-state index contributed by atoms with van der Waals surface area (Å²) in [5.74, 6) is -1.54. The first kappa shape index (κ1) is 25.3. The molecular weight excluding hydrogens is 477 g/mol. The Bertz CT molecular complexity index is 1290. The van der Waals surface area contributed by atoms with Crippen LogP contribution in [0.15, 0.2) is 34.0 Å². The molecule has 1 aromatic heterocycles. The Morgan fingerprint density at radius 2 is 1.94 bits per heavy atom. The lowest BCUT2D eigenvalue weighted by Gasteiger charge is -2.16.